The number of carbonyl (C=O) groups excluding carboxylic acids is 1. The number of carboxylic acid groups (broad SMARTS) is 3. The highest BCUT2D eigenvalue weighted by atomic mass is 16.4. The summed E-state index contributed by atoms with van der Waals surface area (Å²) < 4.78 is 0.589. The third kappa shape index (κ3) is 20.0. The van der Waals surface area contributed by atoms with E-state index >= 15 is 0 Å². The van der Waals surface area contributed by atoms with E-state index < -0.39 is 35.7 Å². The molecule has 0 saturated carbocycles. The highest BCUT2D eigenvalue weighted by molar-refractivity contribution is 5.69. The predicted octanol–water partition coefficient (Wildman–Crippen LogP) is 6.67. The zero-order valence-electron chi connectivity index (χ0n) is 25.8. The number of carboxylic acids is 3. The van der Waals surface area contributed by atoms with Crippen molar-refractivity contribution in [2.75, 3.05) is 26.2 Å². The van der Waals surface area contributed by atoms with Crippen LogP contribution in [-0.2, 0) is 14.4 Å². The van der Waals surface area contributed by atoms with Gasteiger partial charge in [-0.3, -0.25) is 9.59 Å². The Morgan fingerprint density at radius 1 is 0.538 bits per heavy atom. The van der Waals surface area contributed by atoms with Crippen LogP contribution in [0.4, 0.5) is 0 Å². The van der Waals surface area contributed by atoms with Crippen LogP contribution >= 0.6 is 0 Å². The van der Waals surface area contributed by atoms with Gasteiger partial charge in [-0.2, -0.15) is 0 Å². The molecule has 0 saturated heterocycles. The molecule has 0 aromatic heterocycles. The third-order valence-electron chi connectivity index (χ3n) is 8.59. The van der Waals surface area contributed by atoms with Crippen LogP contribution in [0, 0.1) is 17.8 Å². The minimum absolute atomic E-state index is 0.448. The number of rotatable bonds is 28. The molecule has 0 fully saturated rings. The molecule has 7 nitrogen and oxygen atoms in total. The van der Waals surface area contributed by atoms with Gasteiger partial charge in [-0.1, -0.05) is 111 Å². The van der Waals surface area contributed by atoms with Crippen molar-refractivity contribution in [3.05, 3.63) is 0 Å². The number of carbonyl (C=O) groups is 3. The Morgan fingerprint density at radius 2 is 0.846 bits per heavy atom. The quantitative estimate of drug-likeness (QED) is 0.0823. The first-order valence-corrected chi connectivity index (χ1v) is 16.1. The second-order valence-electron chi connectivity index (χ2n) is 12.3. The average molecular weight is 556 g/mol. The Labute approximate surface area is 239 Å². The predicted molar refractivity (Wildman–Crippen MR) is 156 cm³/mol. The van der Waals surface area contributed by atoms with Crippen LogP contribution < -0.4 is 5.11 Å². The Kier molecular flexibility index (Phi) is 22.1. The van der Waals surface area contributed by atoms with E-state index in [1.165, 1.54) is 83.5 Å². The van der Waals surface area contributed by atoms with E-state index in [4.69, 9.17) is 0 Å². The van der Waals surface area contributed by atoms with E-state index in [9.17, 15) is 29.7 Å². The molecule has 0 aromatic carbocycles. The van der Waals surface area contributed by atoms with Crippen molar-refractivity contribution in [2.24, 2.45) is 17.8 Å². The summed E-state index contributed by atoms with van der Waals surface area (Å²) in [5, 5.41) is 30.2. The fraction of sp³-hybridized carbons (Fsp3) is 0.906. The van der Waals surface area contributed by atoms with Gasteiger partial charge in [0.2, 0.25) is 0 Å². The van der Waals surface area contributed by atoms with Crippen molar-refractivity contribution in [1.29, 1.82) is 0 Å². The Bertz CT molecular complexity index is 593. The SMILES string of the molecule is CCCCCCCCCCCCCCCCC[N+](CCC(C)C(=O)[O-])(CCC(C)C(=O)O)CCC(C)C(=O)O. The minimum atomic E-state index is -1.07. The monoisotopic (exact) mass is 555 g/mol. The first kappa shape index (κ1) is 37.4. The summed E-state index contributed by atoms with van der Waals surface area (Å²) in [5.41, 5.74) is 0. The highest BCUT2D eigenvalue weighted by Gasteiger charge is 2.30. The average Bonchev–Trinajstić information content (AvgIpc) is 2.90. The molecule has 0 heterocycles. The van der Waals surface area contributed by atoms with E-state index in [2.05, 4.69) is 6.92 Å². The van der Waals surface area contributed by atoms with Crippen LogP contribution in [0.5, 0.6) is 0 Å². The molecule has 230 valence electrons. The molecule has 3 atom stereocenters. The lowest BCUT2D eigenvalue weighted by Crippen LogP contribution is -2.52. The zero-order chi connectivity index (χ0) is 29.5. The Hall–Kier alpha value is -1.63. The lowest BCUT2D eigenvalue weighted by atomic mass is 10.0. The van der Waals surface area contributed by atoms with E-state index in [0.717, 1.165) is 19.4 Å². The fourth-order valence-electron chi connectivity index (χ4n) is 5.26. The van der Waals surface area contributed by atoms with Crippen LogP contribution in [0.1, 0.15) is 143 Å². The van der Waals surface area contributed by atoms with Crippen molar-refractivity contribution in [3.8, 4) is 0 Å². The van der Waals surface area contributed by atoms with E-state index in [1.54, 1.807) is 20.8 Å². The molecule has 0 aliphatic heterocycles. The fourth-order valence-corrected chi connectivity index (χ4v) is 5.26. The highest BCUT2D eigenvalue weighted by Crippen LogP contribution is 2.22. The molecule has 0 aromatic rings. The molecule has 39 heavy (non-hydrogen) atoms. The van der Waals surface area contributed by atoms with Gasteiger partial charge in [0.05, 0.1) is 38.0 Å². The minimum Gasteiger partial charge on any atom is -0.550 e. The molecular weight excluding hydrogens is 494 g/mol. The lowest BCUT2D eigenvalue weighted by Gasteiger charge is -2.41. The molecule has 3 unspecified atom stereocenters. The number of nitrogens with zero attached hydrogens (tertiary/aromatic N) is 1. The summed E-state index contributed by atoms with van der Waals surface area (Å²) in [6.07, 6.45) is 20.7. The molecule has 0 rings (SSSR count). The molecule has 0 bridgehead atoms. The first-order valence-electron chi connectivity index (χ1n) is 16.1. The van der Waals surface area contributed by atoms with Crippen molar-refractivity contribution >= 4 is 17.9 Å². The standard InChI is InChI=1S/C32H61NO6/c1-5-6-7-8-9-10-11-12-13-14-15-16-17-18-19-23-33(24-20-27(2)30(34)35,25-21-28(3)31(36)37)26-22-29(4)32(38)39/h27-29H,5-26H2,1-4H3,(H2-,34,35,36,37,38,39). The number of hydrogen-bond donors (Lipinski definition) is 2. The van der Waals surface area contributed by atoms with E-state index in [1.807, 2.05) is 0 Å². The van der Waals surface area contributed by atoms with Crippen molar-refractivity contribution in [3.63, 3.8) is 0 Å². The smallest absolute Gasteiger partial charge is 0.306 e. The van der Waals surface area contributed by atoms with E-state index in [-0.39, 0.29) is 0 Å². The number of aliphatic carboxylic acids is 3. The maximum Gasteiger partial charge on any atom is 0.306 e. The van der Waals surface area contributed by atoms with Gasteiger partial charge in [0.25, 0.3) is 0 Å². The summed E-state index contributed by atoms with van der Waals surface area (Å²) in [5.74, 6) is -4.29. The van der Waals surface area contributed by atoms with Gasteiger partial charge < -0.3 is 24.6 Å². The van der Waals surface area contributed by atoms with E-state index in [0.29, 0.717) is 43.4 Å². The van der Waals surface area contributed by atoms with Crippen LogP contribution in [-0.4, -0.2) is 58.8 Å². The molecule has 0 radical (unpaired) electrons. The van der Waals surface area contributed by atoms with Gasteiger partial charge in [0.1, 0.15) is 0 Å². The second-order valence-corrected chi connectivity index (χ2v) is 12.3. The first-order chi connectivity index (χ1) is 18.5. The summed E-state index contributed by atoms with van der Waals surface area (Å²) in [6, 6.07) is 0. The number of unbranched alkanes of at least 4 members (excludes halogenated alkanes) is 14. The van der Waals surface area contributed by atoms with Crippen LogP contribution in [0.3, 0.4) is 0 Å². The molecule has 7 heteroatoms. The molecule has 0 aliphatic carbocycles. The summed E-state index contributed by atoms with van der Waals surface area (Å²) >= 11 is 0. The van der Waals surface area contributed by atoms with Crippen molar-refractivity contribution < 1.29 is 34.2 Å². The summed E-state index contributed by atoms with van der Waals surface area (Å²) in [6.45, 7) is 9.99. The van der Waals surface area contributed by atoms with Crippen molar-refractivity contribution in [1.82, 2.24) is 0 Å². The molecular formula is C32H61NO6. The summed E-state index contributed by atoms with van der Waals surface area (Å²) in [7, 11) is 0. The van der Waals surface area contributed by atoms with Gasteiger partial charge in [-0.05, 0) is 12.8 Å². The normalized spacial score (nSPS) is 15.4. The molecule has 2 N–H and O–H groups in total. The van der Waals surface area contributed by atoms with Gasteiger partial charge in [0.15, 0.2) is 0 Å². The maximum atomic E-state index is 11.5. The topological polar surface area (TPSA) is 115 Å². The zero-order valence-corrected chi connectivity index (χ0v) is 25.8. The van der Waals surface area contributed by atoms with Crippen LogP contribution in [0.15, 0.2) is 0 Å². The second kappa shape index (κ2) is 23.1. The lowest BCUT2D eigenvalue weighted by molar-refractivity contribution is -0.929. The Morgan fingerprint density at radius 3 is 1.15 bits per heavy atom. The van der Waals surface area contributed by atoms with Gasteiger partial charge in [0, 0.05) is 31.1 Å². The van der Waals surface area contributed by atoms with Crippen LogP contribution in [0.25, 0.3) is 0 Å². The Balaban J connectivity index is 4.66. The largest absolute Gasteiger partial charge is 0.550 e. The van der Waals surface area contributed by atoms with Gasteiger partial charge in [-0.15, -0.1) is 0 Å². The van der Waals surface area contributed by atoms with Crippen molar-refractivity contribution in [2.45, 2.75) is 143 Å². The maximum absolute atomic E-state index is 11.5. The van der Waals surface area contributed by atoms with Crippen LogP contribution in [0.2, 0.25) is 0 Å². The summed E-state index contributed by atoms with van der Waals surface area (Å²) in [4.78, 5) is 34.3. The van der Waals surface area contributed by atoms with Gasteiger partial charge >= 0.3 is 11.9 Å². The molecule has 0 aliphatic rings. The third-order valence-corrected chi connectivity index (χ3v) is 8.59. The van der Waals surface area contributed by atoms with Gasteiger partial charge in [-0.25, -0.2) is 0 Å². The molecule has 0 spiro atoms. The molecule has 0 amide bonds. The number of quaternary nitrogens is 1. The number of hydrogen-bond acceptors (Lipinski definition) is 4.